The van der Waals surface area contributed by atoms with E-state index in [0.717, 1.165) is 5.39 Å². The van der Waals surface area contributed by atoms with Gasteiger partial charge >= 0.3 is 6.61 Å². The quantitative estimate of drug-likeness (QED) is 0.805. The van der Waals surface area contributed by atoms with Gasteiger partial charge in [-0.3, -0.25) is 4.79 Å². The number of ether oxygens (including phenoxy) is 1. The van der Waals surface area contributed by atoms with E-state index in [9.17, 15) is 13.6 Å². The van der Waals surface area contributed by atoms with Gasteiger partial charge in [-0.15, -0.1) is 0 Å². The molecule has 2 rings (SSSR count). The van der Waals surface area contributed by atoms with E-state index in [0.29, 0.717) is 11.8 Å². The van der Waals surface area contributed by atoms with Crippen molar-refractivity contribution in [3.8, 4) is 5.75 Å². The fourth-order valence-corrected chi connectivity index (χ4v) is 1.97. The predicted octanol–water partition coefficient (Wildman–Crippen LogP) is 2.55. The summed E-state index contributed by atoms with van der Waals surface area (Å²) in [4.78, 5) is 12.0. The van der Waals surface area contributed by atoms with Crippen molar-refractivity contribution in [3.05, 3.63) is 42.0 Å². The van der Waals surface area contributed by atoms with Crippen LogP contribution in [0.1, 0.15) is 16.8 Å². The molecule has 0 aromatic heterocycles. The number of fused-ring (bicyclic) bond motifs is 1. The van der Waals surface area contributed by atoms with Crippen molar-refractivity contribution in [1.29, 1.82) is 0 Å². The summed E-state index contributed by atoms with van der Waals surface area (Å²) in [6.45, 7) is -2.80. The fourth-order valence-electron chi connectivity index (χ4n) is 1.97. The number of carbonyl (C=O) groups excluding carboxylic acids is 1. The first-order valence-corrected chi connectivity index (χ1v) is 6.48. The van der Waals surface area contributed by atoms with Gasteiger partial charge in [0.15, 0.2) is 0 Å². The Labute approximate surface area is 120 Å². The summed E-state index contributed by atoms with van der Waals surface area (Å²) in [7, 11) is 0. The zero-order valence-corrected chi connectivity index (χ0v) is 11.2. The van der Waals surface area contributed by atoms with E-state index in [1.807, 2.05) is 0 Å². The van der Waals surface area contributed by atoms with E-state index in [1.165, 1.54) is 12.1 Å². The highest BCUT2D eigenvalue weighted by atomic mass is 19.3. The Morgan fingerprint density at radius 1 is 1.24 bits per heavy atom. The Balaban J connectivity index is 2.35. The van der Waals surface area contributed by atoms with Crippen LogP contribution in [-0.2, 0) is 0 Å². The summed E-state index contributed by atoms with van der Waals surface area (Å²) in [5, 5.41) is 12.7. The normalized spacial score (nSPS) is 10.9. The molecule has 0 heterocycles. The third-order valence-corrected chi connectivity index (χ3v) is 2.93. The van der Waals surface area contributed by atoms with Gasteiger partial charge in [0, 0.05) is 13.2 Å². The number of hydrogen-bond acceptors (Lipinski definition) is 3. The van der Waals surface area contributed by atoms with E-state index in [-0.39, 0.29) is 24.5 Å². The third-order valence-electron chi connectivity index (χ3n) is 2.93. The van der Waals surface area contributed by atoms with Crippen molar-refractivity contribution in [2.24, 2.45) is 0 Å². The highest BCUT2D eigenvalue weighted by Gasteiger charge is 2.16. The van der Waals surface area contributed by atoms with Gasteiger partial charge in [0.25, 0.3) is 5.91 Å². The van der Waals surface area contributed by atoms with Crippen LogP contribution in [0.4, 0.5) is 8.78 Å². The predicted molar refractivity (Wildman–Crippen MR) is 74.6 cm³/mol. The highest BCUT2D eigenvalue weighted by Crippen LogP contribution is 2.27. The molecule has 21 heavy (non-hydrogen) atoms. The minimum Gasteiger partial charge on any atom is -0.434 e. The first-order valence-electron chi connectivity index (χ1n) is 6.48. The standard InChI is InChI=1S/C15H15F2NO3/c16-15(17)21-13-9-11-5-2-1-4-10(11)8-12(13)14(20)18-6-3-7-19/h1-2,4-5,8-9,15,19H,3,6-7H2,(H,18,20). The molecule has 0 saturated carbocycles. The zero-order valence-electron chi connectivity index (χ0n) is 11.2. The molecule has 0 aliphatic heterocycles. The lowest BCUT2D eigenvalue weighted by molar-refractivity contribution is -0.0500. The molecule has 0 unspecified atom stereocenters. The van der Waals surface area contributed by atoms with Crippen LogP contribution in [0.3, 0.4) is 0 Å². The molecule has 0 spiro atoms. The monoisotopic (exact) mass is 295 g/mol. The van der Waals surface area contributed by atoms with Gasteiger partial charge in [0.2, 0.25) is 0 Å². The van der Waals surface area contributed by atoms with Crippen molar-refractivity contribution in [2.45, 2.75) is 13.0 Å². The number of aliphatic hydroxyl groups is 1. The molecule has 6 heteroatoms. The Bertz CT molecular complexity index is 631. The number of rotatable bonds is 6. The molecular weight excluding hydrogens is 280 g/mol. The maximum Gasteiger partial charge on any atom is 0.387 e. The summed E-state index contributed by atoms with van der Waals surface area (Å²) in [6, 6.07) is 10.0. The summed E-state index contributed by atoms with van der Waals surface area (Å²) < 4.78 is 29.4. The van der Waals surface area contributed by atoms with E-state index >= 15 is 0 Å². The second-order valence-electron chi connectivity index (χ2n) is 4.41. The number of nitrogens with one attached hydrogen (secondary N) is 1. The van der Waals surface area contributed by atoms with Gasteiger partial charge in [-0.1, -0.05) is 24.3 Å². The molecule has 0 fully saturated rings. The number of hydrogen-bond donors (Lipinski definition) is 2. The second kappa shape index (κ2) is 6.99. The summed E-state index contributed by atoms with van der Waals surface area (Å²) in [5.74, 6) is -0.671. The largest absolute Gasteiger partial charge is 0.434 e. The van der Waals surface area contributed by atoms with Gasteiger partial charge in [-0.25, -0.2) is 0 Å². The average Bonchev–Trinajstić information content (AvgIpc) is 2.46. The van der Waals surface area contributed by atoms with Crippen LogP contribution in [0.5, 0.6) is 5.75 Å². The van der Waals surface area contributed by atoms with Crippen LogP contribution in [0.15, 0.2) is 36.4 Å². The smallest absolute Gasteiger partial charge is 0.387 e. The molecule has 2 aromatic rings. The van der Waals surface area contributed by atoms with Crippen LogP contribution < -0.4 is 10.1 Å². The molecule has 0 aliphatic carbocycles. The van der Waals surface area contributed by atoms with Crippen molar-refractivity contribution in [1.82, 2.24) is 5.32 Å². The molecule has 0 saturated heterocycles. The van der Waals surface area contributed by atoms with E-state index < -0.39 is 12.5 Å². The lowest BCUT2D eigenvalue weighted by Crippen LogP contribution is -2.25. The number of amides is 1. The molecule has 2 aromatic carbocycles. The van der Waals surface area contributed by atoms with Gasteiger partial charge in [-0.2, -0.15) is 8.78 Å². The molecule has 1 amide bonds. The van der Waals surface area contributed by atoms with Crippen molar-refractivity contribution >= 4 is 16.7 Å². The fraction of sp³-hybridized carbons (Fsp3) is 0.267. The number of aliphatic hydroxyl groups excluding tert-OH is 1. The number of benzene rings is 2. The molecule has 0 atom stereocenters. The van der Waals surface area contributed by atoms with Gasteiger partial charge in [-0.05, 0) is 29.3 Å². The second-order valence-corrected chi connectivity index (χ2v) is 4.41. The Morgan fingerprint density at radius 3 is 2.52 bits per heavy atom. The topological polar surface area (TPSA) is 58.6 Å². The van der Waals surface area contributed by atoms with Crippen molar-refractivity contribution in [3.63, 3.8) is 0 Å². The summed E-state index contributed by atoms with van der Waals surface area (Å²) >= 11 is 0. The number of carbonyl (C=O) groups is 1. The molecule has 0 bridgehead atoms. The van der Waals surface area contributed by atoms with Gasteiger partial charge < -0.3 is 15.2 Å². The molecule has 0 radical (unpaired) electrons. The Kier molecular flexibility index (Phi) is 5.05. The van der Waals surface area contributed by atoms with Crippen molar-refractivity contribution < 1.29 is 23.4 Å². The van der Waals surface area contributed by atoms with E-state index in [1.54, 1.807) is 24.3 Å². The maximum absolute atomic E-state index is 12.5. The van der Waals surface area contributed by atoms with E-state index in [2.05, 4.69) is 10.1 Å². The summed E-state index contributed by atoms with van der Waals surface area (Å²) in [5.41, 5.74) is 0.0481. The van der Waals surface area contributed by atoms with Crippen LogP contribution >= 0.6 is 0 Å². The van der Waals surface area contributed by atoms with Gasteiger partial charge in [0.1, 0.15) is 5.75 Å². The third kappa shape index (κ3) is 3.88. The number of halogens is 2. The first-order chi connectivity index (χ1) is 10.1. The molecule has 4 nitrogen and oxygen atoms in total. The minimum absolute atomic E-state index is 0.0481. The lowest BCUT2D eigenvalue weighted by Gasteiger charge is -2.12. The Hall–Kier alpha value is -2.21. The molecule has 0 aliphatic rings. The lowest BCUT2D eigenvalue weighted by atomic mass is 10.1. The average molecular weight is 295 g/mol. The van der Waals surface area contributed by atoms with Gasteiger partial charge in [0.05, 0.1) is 5.56 Å². The van der Waals surface area contributed by atoms with Crippen LogP contribution in [0.25, 0.3) is 10.8 Å². The highest BCUT2D eigenvalue weighted by molar-refractivity contribution is 6.01. The van der Waals surface area contributed by atoms with E-state index in [4.69, 9.17) is 5.11 Å². The first kappa shape index (κ1) is 15.2. The van der Waals surface area contributed by atoms with Crippen LogP contribution in [0.2, 0.25) is 0 Å². The SMILES string of the molecule is O=C(NCCCO)c1cc2ccccc2cc1OC(F)F. The number of alkyl halides is 2. The molecule has 2 N–H and O–H groups in total. The Morgan fingerprint density at radius 2 is 1.90 bits per heavy atom. The van der Waals surface area contributed by atoms with Crippen LogP contribution in [-0.4, -0.2) is 30.8 Å². The molecule has 112 valence electrons. The van der Waals surface area contributed by atoms with Crippen LogP contribution in [0, 0.1) is 0 Å². The minimum atomic E-state index is -3.00. The molecular formula is C15H15F2NO3. The summed E-state index contributed by atoms with van der Waals surface area (Å²) in [6.07, 6.45) is 0.393. The maximum atomic E-state index is 12.5. The van der Waals surface area contributed by atoms with Crippen molar-refractivity contribution in [2.75, 3.05) is 13.2 Å². The zero-order chi connectivity index (χ0) is 15.2.